The van der Waals surface area contributed by atoms with E-state index in [9.17, 15) is 0 Å². The molecule has 1 aliphatic rings. The van der Waals surface area contributed by atoms with Crippen LogP contribution in [0.5, 0.6) is 0 Å². The van der Waals surface area contributed by atoms with Crippen LogP contribution >= 0.6 is 0 Å². The summed E-state index contributed by atoms with van der Waals surface area (Å²) in [4.78, 5) is 10.9. The van der Waals surface area contributed by atoms with Gasteiger partial charge in [0.1, 0.15) is 0 Å². The van der Waals surface area contributed by atoms with Crippen molar-refractivity contribution in [3.05, 3.63) is 59.5 Å². The Kier molecular flexibility index (Phi) is 3.74. The highest BCUT2D eigenvalue weighted by Crippen LogP contribution is 2.25. The lowest BCUT2D eigenvalue weighted by Gasteiger charge is -2.27. The molecular weight excluding hydrogens is 300 g/mol. The van der Waals surface area contributed by atoms with E-state index < -0.39 is 0 Å². The van der Waals surface area contributed by atoms with E-state index in [1.165, 1.54) is 11.1 Å². The lowest BCUT2D eigenvalue weighted by atomic mass is 10.0. The molecule has 0 atom stereocenters. The van der Waals surface area contributed by atoms with Crippen LogP contribution in [0.25, 0.3) is 11.3 Å². The average molecular weight is 320 g/mol. The average Bonchev–Trinajstić information content (AvgIpc) is 2.96. The van der Waals surface area contributed by atoms with Gasteiger partial charge in [-0.05, 0) is 0 Å². The van der Waals surface area contributed by atoms with Crippen LogP contribution in [0.4, 0.5) is 5.95 Å². The zero-order valence-corrected chi connectivity index (χ0v) is 13.7. The third-order valence-electron chi connectivity index (χ3n) is 4.38. The normalized spacial score (nSPS) is 14.5. The van der Waals surface area contributed by atoms with Crippen molar-refractivity contribution < 1.29 is 0 Å². The molecule has 1 aliphatic heterocycles. The number of nitrogens with two attached hydrogens (primary N) is 1. The molecule has 122 valence electrons. The van der Waals surface area contributed by atoms with Gasteiger partial charge in [0.25, 0.3) is 0 Å². The number of hydrogen-bond acceptors (Lipinski definition) is 5. The molecule has 4 rings (SSSR count). The minimum Gasteiger partial charge on any atom is -0.368 e. The lowest BCUT2D eigenvalue weighted by molar-refractivity contribution is 0.243. The molecule has 0 radical (unpaired) electrons. The molecular formula is C18H20N6. The van der Waals surface area contributed by atoms with Gasteiger partial charge in [-0.2, -0.15) is 5.10 Å². The highest BCUT2D eigenvalue weighted by Gasteiger charge is 2.20. The fourth-order valence-corrected chi connectivity index (χ4v) is 3.26. The summed E-state index contributed by atoms with van der Waals surface area (Å²) in [6.07, 6.45) is 4.87. The molecule has 0 unspecified atom stereocenters. The lowest BCUT2D eigenvalue weighted by Crippen LogP contribution is -2.31. The summed E-state index contributed by atoms with van der Waals surface area (Å²) in [7, 11) is 1.97. The maximum absolute atomic E-state index is 5.68. The summed E-state index contributed by atoms with van der Waals surface area (Å²) in [6, 6.07) is 10.3. The van der Waals surface area contributed by atoms with E-state index in [0.717, 1.165) is 43.0 Å². The Morgan fingerprint density at radius 3 is 2.88 bits per heavy atom. The van der Waals surface area contributed by atoms with Crippen LogP contribution in [0, 0.1) is 0 Å². The van der Waals surface area contributed by atoms with Gasteiger partial charge in [-0.3, -0.25) is 9.58 Å². The zero-order valence-electron chi connectivity index (χ0n) is 13.7. The van der Waals surface area contributed by atoms with Crippen molar-refractivity contribution in [2.24, 2.45) is 7.05 Å². The van der Waals surface area contributed by atoms with Gasteiger partial charge >= 0.3 is 0 Å². The van der Waals surface area contributed by atoms with Crippen molar-refractivity contribution in [1.82, 2.24) is 24.6 Å². The second kappa shape index (κ2) is 6.05. The monoisotopic (exact) mass is 320 g/mol. The van der Waals surface area contributed by atoms with Gasteiger partial charge in [-0.15, -0.1) is 0 Å². The van der Waals surface area contributed by atoms with Crippen molar-refractivity contribution in [1.29, 1.82) is 0 Å². The van der Waals surface area contributed by atoms with Gasteiger partial charge in [0.05, 0.1) is 11.4 Å². The maximum atomic E-state index is 5.68. The van der Waals surface area contributed by atoms with Gasteiger partial charge in [-0.1, -0.05) is 30.3 Å². The first-order valence-corrected chi connectivity index (χ1v) is 8.09. The van der Waals surface area contributed by atoms with Gasteiger partial charge in [0, 0.05) is 62.2 Å². The predicted molar refractivity (Wildman–Crippen MR) is 92.9 cm³/mol. The summed E-state index contributed by atoms with van der Waals surface area (Å²) < 4.78 is 1.89. The SMILES string of the molecule is Cn1cc(CN2CCc3nc(N)ncc3C2)c(-c2ccccc2)n1. The van der Waals surface area contributed by atoms with Crippen molar-refractivity contribution in [3.8, 4) is 11.3 Å². The molecule has 0 aliphatic carbocycles. The molecule has 2 N–H and O–H groups in total. The van der Waals surface area contributed by atoms with Crippen LogP contribution in [0.3, 0.4) is 0 Å². The Bertz CT molecular complexity index is 855. The Hall–Kier alpha value is -2.73. The fraction of sp³-hybridized carbons (Fsp3) is 0.278. The molecule has 3 aromatic rings. The number of nitrogens with zero attached hydrogens (tertiary/aromatic N) is 5. The van der Waals surface area contributed by atoms with E-state index >= 15 is 0 Å². The Balaban J connectivity index is 1.58. The smallest absolute Gasteiger partial charge is 0.220 e. The first kappa shape index (κ1) is 14.8. The maximum Gasteiger partial charge on any atom is 0.220 e. The molecule has 0 amide bonds. The highest BCUT2D eigenvalue weighted by molar-refractivity contribution is 5.62. The van der Waals surface area contributed by atoms with Gasteiger partial charge in [0.15, 0.2) is 0 Å². The Morgan fingerprint density at radius 1 is 1.21 bits per heavy atom. The van der Waals surface area contributed by atoms with Crippen molar-refractivity contribution in [2.75, 3.05) is 12.3 Å². The van der Waals surface area contributed by atoms with Crippen LogP contribution in [0.15, 0.2) is 42.7 Å². The molecule has 0 spiro atoms. The van der Waals surface area contributed by atoms with E-state index in [4.69, 9.17) is 5.73 Å². The number of anilines is 1. The first-order valence-electron chi connectivity index (χ1n) is 8.09. The number of benzene rings is 1. The Labute approximate surface area is 141 Å². The molecule has 6 nitrogen and oxygen atoms in total. The fourth-order valence-electron chi connectivity index (χ4n) is 3.26. The van der Waals surface area contributed by atoms with E-state index in [0.29, 0.717) is 5.95 Å². The first-order chi connectivity index (χ1) is 11.7. The van der Waals surface area contributed by atoms with Gasteiger partial charge < -0.3 is 5.73 Å². The molecule has 24 heavy (non-hydrogen) atoms. The number of aromatic nitrogens is 4. The summed E-state index contributed by atoms with van der Waals surface area (Å²) in [5, 5.41) is 4.65. The van der Waals surface area contributed by atoms with Crippen molar-refractivity contribution in [2.45, 2.75) is 19.5 Å². The van der Waals surface area contributed by atoms with Crippen LogP contribution in [-0.2, 0) is 26.6 Å². The topological polar surface area (TPSA) is 72.9 Å². The minimum atomic E-state index is 0.362. The number of nitrogen functional groups attached to an aromatic ring is 1. The molecule has 0 bridgehead atoms. The van der Waals surface area contributed by atoms with Crippen LogP contribution in [0.1, 0.15) is 16.8 Å². The molecule has 0 saturated carbocycles. The largest absolute Gasteiger partial charge is 0.368 e. The predicted octanol–water partition coefficient (Wildman–Crippen LogP) is 2.02. The second-order valence-corrected chi connectivity index (χ2v) is 6.20. The van der Waals surface area contributed by atoms with Crippen LogP contribution < -0.4 is 5.73 Å². The second-order valence-electron chi connectivity index (χ2n) is 6.20. The number of hydrogen-bond donors (Lipinski definition) is 1. The third-order valence-corrected chi connectivity index (χ3v) is 4.38. The number of rotatable bonds is 3. The molecule has 0 fully saturated rings. The van der Waals surface area contributed by atoms with E-state index in [1.54, 1.807) is 0 Å². The summed E-state index contributed by atoms with van der Waals surface area (Å²) in [6.45, 7) is 2.67. The zero-order chi connectivity index (χ0) is 16.5. The van der Waals surface area contributed by atoms with Crippen LogP contribution in [-0.4, -0.2) is 31.2 Å². The molecule has 2 aromatic heterocycles. The highest BCUT2D eigenvalue weighted by atomic mass is 15.3. The molecule has 3 heterocycles. The molecule has 1 aromatic carbocycles. The standard InChI is InChI=1S/C18H20N6/c1-23-10-15(17(22-23)13-5-3-2-4-6-13)12-24-8-7-16-14(11-24)9-20-18(19)21-16/h2-6,9-10H,7-8,11-12H2,1H3,(H2,19,20,21). The van der Waals surface area contributed by atoms with Gasteiger partial charge in [0.2, 0.25) is 5.95 Å². The summed E-state index contributed by atoms with van der Waals surface area (Å²) in [5.74, 6) is 0.362. The quantitative estimate of drug-likeness (QED) is 0.799. The van der Waals surface area contributed by atoms with E-state index in [1.807, 2.05) is 36.1 Å². The summed E-state index contributed by atoms with van der Waals surface area (Å²) >= 11 is 0. The van der Waals surface area contributed by atoms with Crippen molar-refractivity contribution >= 4 is 5.95 Å². The number of aryl methyl sites for hydroxylation is 1. The van der Waals surface area contributed by atoms with Crippen molar-refractivity contribution in [3.63, 3.8) is 0 Å². The van der Waals surface area contributed by atoms with E-state index in [-0.39, 0.29) is 0 Å². The van der Waals surface area contributed by atoms with Gasteiger partial charge in [-0.25, -0.2) is 9.97 Å². The third kappa shape index (κ3) is 2.88. The van der Waals surface area contributed by atoms with Crippen LogP contribution in [0.2, 0.25) is 0 Å². The molecule has 0 saturated heterocycles. The van der Waals surface area contributed by atoms with E-state index in [2.05, 4.69) is 38.3 Å². The number of fused-ring (bicyclic) bond motifs is 1. The minimum absolute atomic E-state index is 0.362. The Morgan fingerprint density at radius 2 is 2.04 bits per heavy atom. The molecule has 6 heteroatoms. The summed E-state index contributed by atoms with van der Waals surface area (Å²) in [5.41, 5.74) is 11.4.